The van der Waals surface area contributed by atoms with Gasteiger partial charge < -0.3 is 20.9 Å². The third-order valence-corrected chi connectivity index (χ3v) is 14.4. The van der Waals surface area contributed by atoms with Crippen LogP contribution in [0.3, 0.4) is 0 Å². The second kappa shape index (κ2) is 28.9. The standard InChI is InChI=1S/C48H70N4O.C9H17N.C2H6/c1-9-12-44(38(8)30-49-19-10-2)46(31-50-34-53)43-24-36(6)47(37(7)25-43)33-51-20-15-39(16-21-51)32-52-22-17-48(18-23-52)28-41(29-48)26-40-13-14-42(11-3)45(27-40)35(4)5;1-5-6-7-8(2)9(3)10-4;1-2/h9,12-14,24-25,27,31,34,39,41,49H,4,10-11,15-23,26,28-30,32-33H2,1-3,5-8H3,(H,50,53);5,8,10H,1,3,6-7H2,2,4H3;1-2H3/b12-9-,44-38+,46-31-;;. The van der Waals surface area contributed by atoms with Crippen molar-refractivity contribution in [1.82, 2.24) is 25.8 Å². The highest BCUT2D eigenvalue weighted by atomic mass is 16.1. The van der Waals surface area contributed by atoms with Crippen molar-refractivity contribution in [2.45, 2.75) is 146 Å². The van der Waals surface area contributed by atoms with Gasteiger partial charge in [0.05, 0.1) is 0 Å². The summed E-state index contributed by atoms with van der Waals surface area (Å²) in [6, 6.07) is 11.8. The number of nitrogens with zero attached hydrogens (tertiary/aromatic N) is 2. The summed E-state index contributed by atoms with van der Waals surface area (Å²) in [5.41, 5.74) is 16.0. The molecule has 3 aliphatic rings. The van der Waals surface area contributed by atoms with Crippen LogP contribution < -0.4 is 16.0 Å². The molecule has 360 valence electrons. The number of hydrogen-bond donors (Lipinski definition) is 3. The fourth-order valence-corrected chi connectivity index (χ4v) is 10.4. The molecule has 3 fully saturated rings. The van der Waals surface area contributed by atoms with Gasteiger partial charge in [-0.3, -0.25) is 9.69 Å². The number of allylic oxidation sites excluding steroid dienone is 7. The lowest BCUT2D eigenvalue weighted by atomic mass is 9.56. The fourth-order valence-electron chi connectivity index (χ4n) is 10.4. The predicted molar refractivity (Wildman–Crippen MR) is 285 cm³/mol. The summed E-state index contributed by atoms with van der Waals surface area (Å²) in [5.74, 6) is 2.23. The third kappa shape index (κ3) is 17.0. The zero-order valence-electron chi connectivity index (χ0n) is 43.4. The monoisotopic (exact) mass is 888 g/mol. The highest BCUT2D eigenvalue weighted by Crippen LogP contribution is 2.53. The maximum atomic E-state index is 11.4. The summed E-state index contributed by atoms with van der Waals surface area (Å²) < 4.78 is 0. The number of benzene rings is 2. The van der Waals surface area contributed by atoms with E-state index in [4.69, 9.17) is 0 Å². The maximum Gasteiger partial charge on any atom is 0.211 e. The first-order valence-electron chi connectivity index (χ1n) is 25.5. The van der Waals surface area contributed by atoms with Gasteiger partial charge in [0.2, 0.25) is 6.41 Å². The normalized spacial score (nSPS) is 17.8. The van der Waals surface area contributed by atoms with Gasteiger partial charge in [0, 0.05) is 44.2 Å². The Morgan fingerprint density at radius 2 is 1.62 bits per heavy atom. The number of aryl methyl sites for hydroxylation is 3. The molecule has 5 rings (SSSR count). The van der Waals surface area contributed by atoms with Crippen molar-refractivity contribution >= 4 is 17.6 Å². The van der Waals surface area contributed by atoms with Crippen LogP contribution in [-0.4, -0.2) is 69.1 Å². The van der Waals surface area contributed by atoms with Crippen LogP contribution in [0.1, 0.15) is 152 Å². The largest absolute Gasteiger partial charge is 0.392 e. The molecule has 1 unspecified atom stereocenters. The van der Waals surface area contributed by atoms with E-state index in [1.54, 1.807) is 0 Å². The molecule has 2 saturated heterocycles. The van der Waals surface area contributed by atoms with Crippen LogP contribution in [0.2, 0.25) is 0 Å². The van der Waals surface area contributed by atoms with Gasteiger partial charge in [-0.2, -0.15) is 0 Å². The van der Waals surface area contributed by atoms with Crippen molar-refractivity contribution in [2.24, 2.45) is 23.2 Å². The van der Waals surface area contributed by atoms with Gasteiger partial charge in [0.25, 0.3) is 0 Å². The molecule has 1 saturated carbocycles. The third-order valence-electron chi connectivity index (χ3n) is 14.4. The van der Waals surface area contributed by atoms with Crippen molar-refractivity contribution in [2.75, 3.05) is 52.9 Å². The Balaban J connectivity index is 0.000000826. The Labute approximate surface area is 399 Å². The summed E-state index contributed by atoms with van der Waals surface area (Å²) in [5, 5.41) is 9.43. The molecular weight excluding hydrogens is 795 g/mol. The molecule has 6 nitrogen and oxygen atoms in total. The number of carbonyl (C=O) groups is 1. The van der Waals surface area contributed by atoms with Crippen LogP contribution in [0.15, 0.2) is 91.3 Å². The minimum Gasteiger partial charge on any atom is -0.392 e. The number of nitrogens with one attached hydrogen (secondary N) is 3. The minimum absolute atomic E-state index is 0.558. The number of rotatable bonds is 22. The van der Waals surface area contributed by atoms with Gasteiger partial charge in [-0.05, 0) is 206 Å². The number of piperidine rings is 2. The Kier molecular flexibility index (Phi) is 24.6. The number of carbonyl (C=O) groups excluding carboxylic acids is 1. The quantitative estimate of drug-likeness (QED) is 0.0476. The molecule has 2 heterocycles. The van der Waals surface area contributed by atoms with E-state index in [2.05, 4.69) is 143 Å². The van der Waals surface area contributed by atoms with Gasteiger partial charge in [0.1, 0.15) is 0 Å². The number of amides is 1. The zero-order valence-corrected chi connectivity index (χ0v) is 43.4. The second-order valence-corrected chi connectivity index (χ2v) is 19.5. The van der Waals surface area contributed by atoms with Crippen molar-refractivity contribution < 1.29 is 4.79 Å². The SMILES string of the molecule is C=C(C)c1cc(CC2CC3(CCN(CC4CCN(Cc5c(C)cc(C(=C/NC=O)/C(/C=C\C)=C(\C)CNCCC)cc5C)CC4)CC3)C2)ccc1CC.C=CCCC(C)C(=C)NC.CC. The Morgan fingerprint density at radius 3 is 2.17 bits per heavy atom. The lowest BCUT2D eigenvalue weighted by Gasteiger charge is -2.53. The van der Waals surface area contributed by atoms with Crippen molar-refractivity contribution in [3.63, 3.8) is 0 Å². The molecule has 0 radical (unpaired) electrons. The van der Waals surface area contributed by atoms with Crippen LogP contribution in [0.25, 0.3) is 11.1 Å². The van der Waals surface area contributed by atoms with Crippen LogP contribution >= 0.6 is 0 Å². The number of likely N-dealkylation sites (tertiary alicyclic amines) is 2. The smallest absolute Gasteiger partial charge is 0.211 e. The highest BCUT2D eigenvalue weighted by molar-refractivity contribution is 5.84. The first-order chi connectivity index (χ1) is 31.3. The maximum absolute atomic E-state index is 11.4. The average molecular weight is 888 g/mol. The van der Waals surface area contributed by atoms with E-state index in [0.717, 1.165) is 86.0 Å². The summed E-state index contributed by atoms with van der Waals surface area (Å²) >= 11 is 0. The van der Waals surface area contributed by atoms with Gasteiger partial charge in [0.15, 0.2) is 0 Å². The van der Waals surface area contributed by atoms with Crippen LogP contribution in [0.5, 0.6) is 0 Å². The van der Waals surface area contributed by atoms with E-state index in [9.17, 15) is 4.79 Å². The van der Waals surface area contributed by atoms with Gasteiger partial charge in [-0.1, -0.05) is 107 Å². The van der Waals surface area contributed by atoms with Crippen LogP contribution in [0.4, 0.5) is 0 Å². The summed E-state index contributed by atoms with van der Waals surface area (Å²) in [6.07, 6.45) is 22.7. The molecule has 3 N–H and O–H groups in total. The van der Waals surface area contributed by atoms with E-state index in [1.165, 1.54) is 122 Å². The van der Waals surface area contributed by atoms with E-state index < -0.39 is 0 Å². The molecule has 6 heteroatoms. The zero-order chi connectivity index (χ0) is 47.9. The van der Waals surface area contributed by atoms with E-state index in [-0.39, 0.29) is 0 Å². The molecule has 0 bridgehead atoms. The van der Waals surface area contributed by atoms with Gasteiger partial charge >= 0.3 is 0 Å². The topological polar surface area (TPSA) is 59.6 Å². The number of hydrogen-bond acceptors (Lipinski definition) is 5. The Hall–Kier alpha value is -3.97. The van der Waals surface area contributed by atoms with Gasteiger partial charge in [-0.25, -0.2) is 0 Å². The molecular formula is C59H93N5O. The summed E-state index contributed by atoms with van der Waals surface area (Å²) in [6.45, 7) is 42.4. The molecule has 1 aliphatic carbocycles. The van der Waals surface area contributed by atoms with Crippen molar-refractivity contribution in [1.29, 1.82) is 0 Å². The average Bonchev–Trinajstić information content (AvgIpc) is 3.30. The predicted octanol–water partition coefficient (Wildman–Crippen LogP) is 13.2. The molecule has 2 aliphatic heterocycles. The van der Waals surface area contributed by atoms with E-state index >= 15 is 0 Å². The molecule has 1 amide bonds. The molecule has 2 aromatic carbocycles. The van der Waals surface area contributed by atoms with Crippen LogP contribution in [-0.2, 0) is 24.2 Å². The molecule has 65 heavy (non-hydrogen) atoms. The van der Waals surface area contributed by atoms with Crippen LogP contribution in [0, 0.1) is 37.0 Å². The van der Waals surface area contributed by atoms with Crippen molar-refractivity contribution in [3.05, 3.63) is 130 Å². The lowest BCUT2D eigenvalue weighted by molar-refractivity contribution is -0.108. The van der Waals surface area contributed by atoms with E-state index in [0.29, 0.717) is 11.3 Å². The molecule has 0 aromatic heterocycles. The first kappa shape index (κ1) is 55.4. The molecule has 1 atom stereocenters. The first-order valence-corrected chi connectivity index (χ1v) is 25.5. The molecule has 1 spiro atoms. The summed E-state index contributed by atoms with van der Waals surface area (Å²) in [7, 11) is 1.91. The molecule has 2 aromatic rings. The fraction of sp³-hybridized carbons (Fsp3) is 0.576. The minimum atomic E-state index is 0.558. The summed E-state index contributed by atoms with van der Waals surface area (Å²) in [4.78, 5) is 16.9. The van der Waals surface area contributed by atoms with Gasteiger partial charge in [-0.15, -0.1) is 6.58 Å². The van der Waals surface area contributed by atoms with Crippen molar-refractivity contribution in [3.8, 4) is 0 Å². The van der Waals surface area contributed by atoms with E-state index in [1.807, 2.05) is 33.2 Å². The highest BCUT2D eigenvalue weighted by Gasteiger charge is 2.45. The Morgan fingerprint density at radius 1 is 0.954 bits per heavy atom. The Bertz CT molecular complexity index is 1870. The second-order valence-electron chi connectivity index (χ2n) is 19.5. The lowest BCUT2D eigenvalue weighted by Crippen LogP contribution is -2.49.